The van der Waals surface area contributed by atoms with E-state index in [1.165, 1.54) is 26.6 Å². The molecule has 1 aromatic carbocycles. The highest BCUT2D eigenvalue weighted by Gasteiger charge is 2.57. The fraction of sp³-hybridized carbons (Fsp3) is 0.318. The Labute approximate surface area is 186 Å². The van der Waals surface area contributed by atoms with Gasteiger partial charge in [-0.1, -0.05) is 0 Å². The molecule has 0 bridgehead atoms. The molecule has 1 spiro atoms. The van der Waals surface area contributed by atoms with E-state index in [2.05, 4.69) is 9.98 Å². The number of hydrogen-bond acceptors (Lipinski definition) is 7. The first-order chi connectivity index (χ1) is 15.8. The van der Waals surface area contributed by atoms with E-state index in [1.807, 2.05) is 0 Å². The smallest absolute Gasteiger partial charge is 0.294 e. The standard InChI is InChI=1S/C22H18F2N4O5/c1-32-16-6-17(33-2)19(24)20(18(16)23)27-10-11-7-26-14(12-8-25-9-15(12)28(30)31)5-13(11)22(3-4-22)21(27)29/h5-7,9H,3-4,8,10H2,1-2H3. The van der Waals surface area contributed by atoms with Gasteiger partial charge in [0.2, 0.25) is 5.91 Å². The van der Waals surface area contributed by atoms with Crippen LogP contribution in [0, 0.1) is 21.7 Å². The summed E-state index contributed by atoms with van der Waals surface area (Å²) in [4.78, 5) is 33.7. The monoisotopic (exact) mass is 456 g/mol. The second kappa shape index (κ2) is 7.32. The number of halogens is 2. The predicted molar refractivity (Wildman–Crippen MR) is 113 cm³/mol. The number of pyridine rings is 1. The molecule has 1 aliphatic carbocycles. The van der Waals surface area contributed by atoms with Crippen LogP contribution in [0.5, 0.6) is 11.5 Å². The maximum Gasteiger partial charge on any atom is 0.294 e. The molecule has 3 heterocycles. The van der Waals surface area contributed by atoms with Crippen LogP contribution in [0.1, 0.15) is 29.7 Å². The van der Waals surface area contributed by atoms with E-state index in [1.54, 1.807) is 6.07 Å². The van der Waals surface area contributed by atoms with Crippen molar-refractivity contribution in [3.8, 4) is 11.5 Å². The second-order valence-corrected chi connectivity index (χ2v) is 8.05. The molecule has 0 unspecified atom stereocenters. The van der Waals surface area contributed by atoms with Crippen molar-refractivity contribution in [3.05, 3.63) is 62.6 Å². The minimum atomic E-state index is -1.00. The van der Waals surface area contributed by atoms with E-state index >= 15 is 8.78 Å². The summed E-state index contributed by atoms with van der Waals surface area (Å²) in [6.45, 7) is 0.000196. The number of benzene rings is 1. The summed E-state index contributed by atoms with van der Waals surface area (Å²) >= 11 is 0. The van der Waals surface area contributed by atoms with E-state index < -0.39 is 33.6 Å². The van der Waals surface area contributed by atoms with Gasteiger partial charge in [0.25, 0.3) is 5.70 Å². The number of aliphatic imine (C=N–C) groups is 1. The molecule has 5 rings (SSSR count). The molecule has 2 aromatic rings. The molecule has 0 radical (unpaired) electrons. The molecule has 3 aliphatic rings. The van der Waals surface area contributed by atoms with Crippen LogP contribution in [0.15, 0.2) is 29.0 Å². The normalized spacial score (nSPS) is 18.1. The van der Waals surface area contributed by atoms with Gasteiger partial charge in [-0.2, -0.15) is 0 Å². The molecule has 2 aliphatic heterocycles. The number of fused-ring (bicyclic) bond motifs is 2. The van der Waals surface area contributed by atoms with Gasteiger partial charge in [-0.3, -0.25) is 24.9 Å². The maximum absolute atomic E-state index is 15.1. The summed E-state index contributed by atoms with van der Waals surface area (Å²) in [6.07, 6.45) is 3.67. The Balaban J connectivity index is 1.62. The number of aromatic nitrogens is 1. The molecule has 1 saturated carbocycles. The number of nitrogens with zero attached hydrogens (tertiary/aromatic N) is 4. The minimum Gasteiger partial charge on any atom is -0.493 e. The van der Waals surface area contributed by atoms with Crippen molar-refractivity contribution in [2.45, 2.75) is 24.8 Å². The molecule has 11 heteroatoms. The van der Waals surface area contributed by atoms with E-state index in [0.29, 0.717) is 35.2 Å². The van der Waals surface area contributed by atoms with Crippen LogP contribution in [0.25, 0.3) is 5.57 Å². The zero-order chi connectivity index (χ0) is 23.5. The molecule has 33 heavy (non-hydrogen) atoms. The third-order valence-electron chi connectivity index (χ3n) is 6.33. The van der Waals surface area contributed by atoms with E-state index in [0.717, 1.165) is 11.0 Å². The van der Waals surface area contributed by atoms with Gasteiger partial charge in [0.05, 0.1) is 55.1 Å². The largest absolute Gasteiger partial charge is 0.493 e. The quantitative estimate of drug-likeness (QED) is 0.506. The Morgan fingerprint density at radius 2 is 1.82 bits per heavy atom. The SMILES string of the molecule is COc1cc(OC)c(F)c(N2Cc3cnc(C4=C([N+](=O)[O-])C=NC4)cc3C3(CC3)C2=O)c1F. The van der Waals surface area contributed by atoms with Crippen LogP contribution >= 0.6 is 0 Å². The first-order valence-corrected chi connectivity index (χ1v) is 10.1. The number of methoxy groups -OCH3 is 2. The number of carbonyl (C=O) groups excluding carboxylic acids is 1. The summed E-state index contributed by atoms with van der Waals surface area (Å²) in [7, 11) is 2.47. The Morgan fingerprint density at radius 1 is 1.15 bits per heavy atom. The number of hydrogen-bond donors (Lipinski definition) is 0. The van der Waals surface area contributed by atoms with Gasteiger partial charge in [-0.15, -0.1) is 0 Å². The summed E-state index contributed by atoms with van der Waals surface area (Å²) in [6, 6.07) is 2.76. The summed E-state index contributed by atoms with van der Waals surface area (Å²) in [5.41, 5.74) is 0.373. The zero-order valence-electron chi connectivity index (χ0n) is 17.7. The van der Waals surface area contributed by atoms with Crippen molar-refractivity contribution in [2.75, 3.05) is 25.7 Å². The van der Waals surface area contributed by atoms with Crippen molar-refractivity contribution in [2.24, 2.45) is 4.99 Å². The van der Waals surface area contributed by atoms with Crippen LogP contribution in [0.3, 0.4) is 0 Å². The number of amides is 1. The first kappa shape index (κ1) is 21.0. The average molecular weight is 456 g/mol. The zero-order valence-corrected chi connectivity index (χ0v) is 17.7. The lowest BCUT2D eigenvalue weighted by Crippen LogP contribution is -2.45. The van der Waals surface area contributed by atoms with Crippen LogP contribution in [0.2, 0.25) is 0 Å². The number of anilines is 1. The lowest BCUT2D eigenvalue weighted by Gasteiger charge is -2.35. The molecule has 1 amide bonds. The van der Waals surface area contributed by atoms with Gasteiger partial charge in [0, 0.05) is 12.3 Å². The fourth-order valence-corrected chi connectivity index (χ4v) is 4.49. The van der Waals surface area contributed by atoms with Gasteiger partial charge in [-0.25, -0.2) is 8.78 Å². The number of carbonyl (C=O) groups is 1. The van der Waals surface area contributed by atoms with E-state index in [-0.39, 0.29) is 30.3 Å². The Kier molecular flexibility index (Phi) is 4.66. The summed E-state index contributed by atoms with van der Waals surface area (Å²) in [5, 5.41) is 11.3. The molecular formula is C22H18F2N4O5. The number of allylic oxidation sites excluding steroid dienone is 1. The second-order valence-electron chi connectivity index (χ2n) is 8.05. The van der Waals surface area contributed by atoms with Crippen molar-refractivity contribution in [3.63, 3.8) is 0 Å². The third kappa shape index (κ3) is 2.99. The van der Waals surface area contributed by atoms with Crippen LogP contribution in [-0.2, 0) is 16.8 Å². The minimum absolute atomic E-state index is 0.120. The number of rotatable bonds is 5. The molecule has 1 aromatic heterocycles. The Bertz CT molecular complexity index is 1260. The highest BCUT2D eigenvalue weighted by molar-refractivity contribution is 6.05. The van der Waals surface area contributed by atoms with Gasteiger partial charge >= 0.3 is 0 Å². The predicted octanol–water partition coefficient (Wildman–Crippen LogP) is 3.03. The molecule has 9 nitrogen and oxygen atoms in total. The fourth-order valence-electron chi connectivity index (χ4n) is 4.49. The van der Waals surface area contributed by atoms with Gasteiger partial charge in [-0.05, 0) is 30.0 Å². The van der Waals surface area contributed by atoms with Crippen molar-refractivity contribution in [1.29, 1.82) is 0 Å². The lowest BCUT2D eigenvalue weighted by atomic mass is 9.85. The average Bonchev–Trinajstić information content (AvgIpc) is 3.44. The van der Waals surface area contributed by atoms with E-state index in [4.69, 9.17) is 9.47 Å². The highest BCUT2D eigenvalue weighted by atomic mass is 19.1. The molecular weight excluding hydrogens is 438 g/mol. The topological polar surface area (TPSA) is 107 Å². The van der Waals surface area contributed by atoms with E-state index in [9.17, 15) is 14.9 Å². The summed E-state index contributed by atoms with van der Waals surface area (Å²) < 4.78 is 40.3. The Morgan fingerprint density at radius 3 is 2.39 bits per heavy atom. The number of ether oxygens (including phenoxy) is 2. The van der Waals surface area contributed by atoms with Crippen LogP contribution in [-0.4, -0.2) is 42.8 Å². The molecule has 0 atom stereocenters. The third-order valence-corrected chi connectivity index (χ3v) is 6.33. The van der Waals surface area contributed by atoms with Crippen LogP contribution < -0.4 is 14.4 Å². The summed E-state index contributed by atoms with van der Waals surface area (Å²) in [5.74, 6) is -2.96. The highest BCUT2D eigenvalue weighted by Crippen LogP contribution is 2.55. The van der Waals surface area contributed by atoms with Crippen molar-refractivity contribution < 1.29 is 28.0 Å². The van der Waals surface area contributed by atoms with Gasteiger partial charge in [0.1, 0.15) is 5.69 Å². The maximum atomic E-state index is 15.1. The lowest BCUT2D eigenvalue weighted by molar-refractivity contribution is -0.413. The molecule has 0 N–H and O–H groups in total. The number of nitro groups is 1. The first-order valence-electron chi connectivity index (χ1n) is 10.1. The van der Waals surface area contributed by atoms with Crippen molar-refractivity contribution >= 4 is 23.4 Å². The van der Waals surface area contributed by atoms with Gasteiger partial charge < -0.3 is 14.4 Å². The van der Waals surface area contributed by atoms with Crippen molar-refractivity contribution in [1.82, 2.24) is 4.98 Å². The molecule has 0 saturated heterocycles. The van der Waals surface area contributed by atoms with Gasteiger partial charge in [0.15, 0.2) is 23.1 Å². The molecule has 1 fully saturated rings. The Hall–Kier alpha value is -3.89. The van der Waals surface area contributed by atoms with Crippen LogP contribution in [0.4, 0.5) is 14.5 Å². The molecule has 170 valence electrons.